The first-order valence-corrected chi connectivity index (χ1v) is 5.23. The number of nitrogens with one attached hydrogen (secondary N) is 1. The predicted molar refractivity (Wildman–Crippen MR) is 52.8 cm³/mol. The number of amides is 1. The molecule has 4 heteroatoms. The third-order valence-electron chi connectivity index (χ3n) is 3.06. The summed E-state index contributed by atoms with van der Waals surface area (Å²) in [6, 6.07) is 0.0391. The van der Waals surface area contributed by atoms with Crippen molar-refractivity contribution in [2.24, 2.45) is 0 Å². The monoisotopic (exact) mass is 198 g/mol. The highest BCUT2D eigenvalue weighted by molar-refractivity contribution is 5.84. The molecule has 0 radical (unpaired) electrons. The van der Waals surface area contributed by atoms with Crippen molar-refractivity contribution in [1.29, 1.82) is 0 Å². The Labute approximate surface area is 84.3 Å². The molecule has 0 bridgehead atoms. The van der Waals surface area contributed by atoms with E-state index < -0.39 is 0 Å². The van der Waals surface area contributed by atoms with Gasteiger partial charge >= 0.3 is 0 Å². The molecule has 1 atom stereocenters. The van der Waals surface area contributed by atoms with Crippen LogP contribution in [0.5, 0.6) is 0 Å². The Morgan fingerprint density at radius 3 is 2.71 bits per heavy atom. The van der Waals surface area contributed by atoms with Crippen LogP contribution in [0.4, 0.5) is 0 Å². The van der Waals surface area contributed by atoms with Gasteiger partial charge in [-0.25, -0.2) is 0 Å². The highest BCUT2D eigenvalue weighted by Gasteiger charge is 2.46. The molecule has 1 aliphatic heterocycles. The van der Waals surface area contributed by atoms with E-state index in [1.54, 1.807) is 0 Å². The first kappa shape index (κ1) is 9.93. The molecule has 1 saturated heterocycles. The third-order valence-corrected chi connectivity index (χ3v) is 3.06. The van der Waals surface area contributed by atoms with Gasteiger partial charge in [-0.05, 0) is 26.7 Å². The number of aliphatic hydroxyl groups is 1. The normalized spacial score (nSPS) is 32.1. The Morgan fingerprint density at radius 1 is 1.57 bits per heavy atom. The maximum absolute atomic E-state index is 12.0. The second kappa shape index (κ2) is 3.21. The van der Waals surface area contributed by atoms with E-state index in [2.05, 4.69) is 19.2 Å². The molecule has 0 spiro atoms. The van der Waals surface area contributed by atoms with E-state index in [1.165, 1.54) is 0 Å². The minimum absolute atomic E-state index is 0.0613. The molecule has 0 aromatic heterocycles. The maximum Gasteiger partial charge on any atom is 0.242 e. The van der Waals surface area contributed by atoms with E-state index >= 15 is 0 Å². The first-order chi connectivity index (χ1) is 6.56. The molecule has 1 heterocycles. The van der Waals surface area contributed by atoms with Crippen molar-refractivity contribution in [2.45, 2.75) is 44.3 Å². The lowest BCUT2D eigenvalue weighted by Gasteiger charge is -2.45. The van der Waals surface area contributed by atoms with Crippen LogP contribution in [0.2, 0.25) is 0 Å². The summed E-state index contributed by atoms with van der Waals surface area (Å²) in [6.07, 6.45) is 2.24. The SMILES string of the molecule is CC1(C)CNC(CO)C(=O)N1C1CC1. The fraction of sp³-hybridized carbons (Fsp3) is 0.900. The highest BCUT2D eigenvalue weighted by atomic mass is 16.3. The second-order valence-corrected chi connectivity index (χ2v) is 4.87. The van der Waals surface area contributed by atoms with E-state index in [0.29, 0.717) is 6.04 Å². The summed E-state index contributed by atoms with van der Waals surface area (Å²) in [5, 5.41) is 12.1. The zero-order valence-electron chi connectivity index (χ0n) is 8.79. The average molecular weight is 198 g/mol. The van der Waals surface area contributed by atoms with Crippen LogP contribution in [0.3, 0.4) is 0 Å². The molecule has 0 aromatic carbocycles. The Hall–Kier alpha value is -0.610. The van der Waals surface area contributed by atoms with Gasteiger partial charge in [-0.3, -0.25) is 4.79 Å². The molecule has 14 heavy (non-hydrogen) atoms. The quantitative estimate of drug-likeness (QED) is 0.641. The Morgan fingerprint density at radius 2 is 2.21 bits per heavy atom. The molecular formula is C10H18N2O2. The molecule has 2 N–H and O–H groups in total. The van der Waals surface area contributed by atoms with Gasteiger partial charge in [0, 0.05) is 12.6 Å². The van der Waals surface area contributed by atoms with Crippen LogP contribution < -0.4 is 5.32 Å². The number of hydrogen-bond acceptors (Lipinski definition) is 3. The van der Waals surface area contributed by atoms with Crippen molar-refractivity contribution in [3.05, 3.63) is 0 Å². The van der Waals surface area contributed by atoms with Crippen LogP contribution >= 0.6 is 0 Å². The number of carbonyl (C=O) groups is 1. The number of hydrogen-bond donors (Lipinski definition) is 2. The van der Waals surface area contributed by atoms with Crippen LogP contribution in [0.1, 0.15) is 26.7 Å². The lowest BCUT2D eigenvalue weighted by Crippen LogP contribution is -2.66. The molecule has 0 aromatic rings. The smallest absolute Gasteiger partial charge is 0.242 e. The molecular weight excluding hydrogens is 180 g/mol. The first-order valence-electron chi connectivity index (χ1n) is 5.23. The number of nitrogens with zero attached hydrogens (tertiary/aromatic N) is 1. The minimum Gasteiger partial charge on any atom is -0.394 e. The van der Waals surface area contributed by atoms with Crippen LogP contribution in [-0.4, -0.2) is 46.7 Å². The van der Waals surface area contributed by atoms with Gasteiger partial charge in [0.15, 0.2) is 0 Å². The van der Waals surface area contributed by atoms with Crippen molar-refractivity contribution >= 4 is 5.91 Å². The van der Waals surface area contributed by atoms with Crippen LogP contribution in [0, 0.1) is 0 Å². The molecule has 2 aliphatic rings. The molecule has 2 fully saturated rings. The number of carbonyl (C=O) groups excluding carboxylic acids is 1. The van der Waals surface area contributed by atoms with Gasteiger partial charge in [0.2, 0.25) is 5.91 Å². The Balaban J connectivity index is 2.17. The van der Waals surface area contributed by atoms with Gasteiger partial charge in [-0.2, -0.15) is 0 Å². The lowest BCUT2D eigenvalue weighted by atomic mass is 9.96. The van der Waals surface area contributed by atoms with Crippen LogP contribution in [0.25, 0.3) is 0 Å². The number of aliphatic hydroxyl groups excluding tert-OH is 1. The molecule has 1 unspecified atom stereocenters. The van der Waals surface area contributed by atoms with Gasteiger partial charge in [0.25, 0.3) is 0 Å². The maximum atomic E-state index is 12.0. The van der Waals surface area contributed by atoms with Crippen molar-refractivity contribution in [1.82, 2.24) is 10.2 Å². The Bertz CT molecular complexity index is 249. The van der Waals surface area contributed by atoms with Gasteiger partial charge in [-0.15, -0.1) is 0 Å². The molecule has 1 aliphatic carbocycles. The van der Waals surface area contributed by atoms with Gasteiger partial charge in [-0.1, -0.05) is 0 Å². The van der Waals surface area contributed by atoms with Crippen molar-refractivity contribution < 1.29 is 9.90 Å². The van der Waals surface area contributed by atoms with Crippen LogP contribution in [0.15, 0.2) is 0 Å². The standard InChI is InChI=1S/C10H18N2O2/c1-10(2)6-11-8(5-13)9(14)12(10)7-3-4-7/h7-8,11,13H,3-6H2,1-2H3. The zero-order valence-corrected chi connectivity index (χ0v) is 8.79. The molecule has 80 valence electrons. The van der Waals surface area contributed by atoms with Crippen molar-refractivity contribution in [3.8, 4) is 0 Å². The minimum atomic E-state index is -0.386. The van der Waals surface area contributed by atoms with Gasteiger partial charge in [0.05, 0.1) is 12.1 Å². The average Bonchev–Trinajstić information content (AvgIpc) is 2.87. The topological polar surface area (TPSA) is 52.6 Å². The largest absolute Gasteiger partial charge is 0.394 e. The van der Waals surface area contributed by atoms with Gasteiger partial charge in [0.1, 0.15) is 6.04 Å². The Kier molecular flexibility index (Phi) is 2.27. The fourth-order valence-electron chi connectivity index (χ4n) is 2.16. The van der Waals surface area contributed by atoms with E-state index in [1.807, 2.05) is 4.90 Å². The summed E-state index contributed by atoms with van der Waals surface area (Å²) >= 11 is 0. The van der Waals surface area contributed by atoms with Crippen LogP contribution in [-0.2, 0) is 4.79 Å². The fourth-order valence-corrected chi connectivity index (χ4v) is 2.16. The summed E-state index contributed by atoms with van der Waals surface area (Å²) in [5.74, 6) is 0.0613. The molecule has 1 saturated carbocycles. The third kappa shape index (κ3) is 1.53. The van der Waals surface area contributed by atoms with Gasteiger partial charge < -0.3 is 15.3 Å². The summed E-state index contributed by atoms with van der Waals surface area (Å²) in [5.41, 5.74) is -0.107. The molecule has 4 nitrogen and oxygen atoms in total. The summed E-state index contributed by atoms with van der Waals surface area (Å²) < 4.78 is 0. The highest BCUT2D eigenvalue weighted by Crippen LogP contribution is 2.34. The predicted octanol–water partition coefficient (Wildman–Crippen LogP) is -0.280. The van der Waals surface area contributed by atoms with E-state index in [-0.39, 0.29) is 24.1 Å². The second-order valence-electron chi connectivity index (χ2n) is 4.87. The number of piperazine rings is 1. The van der Waals surface area contributed by atoms with E-state index in [9.17, 15) is 4.79 Å². The molecule has 2 rings (SSSR count). The van der Waals surface area contributed by atoms with Crippen molar-refractivity contribution in [3.63, 3.8) is 0 Å². The summed E-state index contributed by atoms with van der Waals surface area (Å²) in [7, 11) is 0. The lowest BCUT2D eigenvalue weighted by molar-refractivity contribution is -0.144. The summed E-state index contributed by atoms with van der Waals surface area (Å²) in [4.78, 5) is 13.9. The van der Waals surface area contributed by atoms with Crippen molar-refractivity contribution in [2.75, 3.05) is 13.2 Å². The van der Waals surface area contributed by atoms with E-state index in [4.69, 9.17) is 5.11 Å². The number of rotatable bonds is 2. The zero-order chi connectivity index (χ0) is 10.3. The van der Waals surface area contributed by atoms with E-state index in [0.717, 1.165) is 19.4 Å². The molecule has 1 amide bonds. The summed E-state index contributed by atoms with van der Waals surface area (Å²) in [6.45, 7) is 4.81.